The van der Waals surface area contributed by atoms with Crippen molar-refractivity contribution in [2.45, 2.75) is 0 Å². The second-order valence-electron chi connectivity index (χ2n) is 3.90. The van der Waals surface area contributed by atoms with Crippen LogP contribution in [-0.4, -0.2) is 23.0 Å². The highest BCUT2D eigenvalue weighted by molar-refractivity contribution is 5.99. The van der Waals surface area contributed by atoms with Crippen LogP contribution in [0, 0.1) is 10.1 Å². The molecular formula is C13H14N4O2. The molecule has 6 heteroatoms. The number of non-ortho nitro benzene ring substituents is 1. The third kappa shape index (κ3) is 2.86. The van der Waals surface area contributed by atoms with Crippen LogP contribution in [0.15, 0.2) is 42.7 Å². The zero-order valence-electron chi connectivity index (χ0n) is 10.2. The van der Waals surface area contributed by atoms with E-state index in [1.165, 1.54) is 6.07 Å². The zero-order chi connectivity index (χ0) is 13.7. The molecule has 0 fully saturated rings. The Labute approximate surface area is 110 Å². The Bertz CT molecular complexity index is 625. The largest absolute Gasteiger partial charge is 0.381 e. The standard InChI is InChI=1S/C13H14N4O2/c14-6-1-2-7-16-12-3-4-13(17(18)19)10-5-8-15-9-11(10)12/h1-5,8-9,16H,6-7,14H2/b2-1+. The lowest BCUT2D eigenvalue weighted by molar-refractivity contribution is -0.383. The summed E-state index contributed by atoms with van der Waals surface area (Å²) in [5.74, 6) is 0. The summed E-state index contributed by atoms with van der Waals surface area (Å²) >= 11 is 0. The molecule has 3 N–H and O–H groups in total. The number of rotatable bonds is 5. The van der Waals surface area contributed by atoms with E-state index in [0.29, 0.717) is 18.5 Å². The fourth-order valence-electron chi connectivity index (χ4n) is 1.84. The summed E-state index contributed by atoms with van der Waals surface area (Å²) in [6, 6.07) is 4.84. The zero-order valence-corrected chi connectivity index (χ0v) is 10.2. The number of benzene rings is 1. The summed E-state index contributed by atoms with van der Waals surface area (Å²) in [5.41, 5.74) is 6.25. The van der Waals surface area contributed by atoms with Gasteiger partial charge in [-0.3, -0.25) is 15.1 Å². The van der Waals surface area contributed by atoms with Crippen molar-refractivity contribution in [1.82, 2.24) is 4.98 Å². The predicted molar refractivity (Wildman–Crippen MR) is 75.1 cm³/mol. The van der Waals surface area contributed by atoms with Gasteiger partial charge in [-0.1, -0.05) is 12.2 Å². The maximum atomic E-state index is 11.0. The van der Waals surface area contributed by atoms with Gasteiger partial charge in [-0.15, -0.1) is 0 Å². The van der Waals surface area contributed by atoms with Gasteiger partial charge in [-0.05, 0) is 12.1 Å². The molecular weight excluding hydrogens is 244 g/mol. The van der Waals surface area contributed by atoms with Gasteiger partial charge in [0.1, 0.15) is 0 Å². The summed E-state index contributed by atoms with van der Waals surface area (Å²) < 4.78 is 0. The van der Waals surface area contributed by atoms with Gasteiger partial charge in [0.25, 0.3) is 5.69 Å². The Morgan fingerprint density at radius 2 is 2.16 bits per heavy atom. The van der Waals surface area contributed by atoms with Crippen LogP contribution >= 0.6 is 0 Å². The molecule has 0 saturated heterocycles. The van der Waals surface area contributed by atoms with E-state index in [2.05, 4.69) is 10.3 Å². The maximum Gasteiger partial charge on any atom is 0.277 e. The molecule has 2 aromatic rings. The normalized spacial score (nSPS) is 11.0. The van der Waals surface area contributed by atoms with Crippen LogP contribution in [0.3, 0.4) is 0 Å². The lowest BCUT2D eigenvalue weighted by atomic mass is 10.1. The predicted octanol–water partition coefficient (Wildman–Crippen LogP) is 2.07. The minimum absolute atomic E-state index is 0.0838. The van der Waals surface area contributed by atoms with E-state index in [9.17, 15) is 10.1 Å². The number of nitrogens with one attached hydrogen (secondary N) is 1. The SMILES string of the molecule is NC/C=C/CNc1ccc([N+](=O)[O-])c2ccncc12. The Hall–Kier alpha value is -2.47. The maximum absolute atomic E-state index is 11.0. The van der Waals surface area contributed by atoms with E-state index in [-0.39, 0.29) is 10.6 Å². The van der Waals surface area contributed by atoms with Crippen molar-refractivity contribution in [2.75, 3.05) is 18.4 Å². The molecule has 1 aromatic heterocycles. The van der Waals surface area contributed by atoms with Crippen LogP contribution in [0.2, 0.25) is 0 Å². The third-order valence-electron chi connectivity index (χ3n) is 2.70. The quantitative estimate of drug-likeness (QED) is 0.486. The van der Waals surface area contributed by atoms with Crippen LogP contribution in [0.5, 0.6) is 0 Å². The first-order valence-corrected chi connectivity index (χ1v) is 5.84. The molecule has 0 unspecified atom stereocenters. The van der Waals surface area contributed by atoms with Gasteiger partial charge in [-0.25, -0.2) is 0 Å². The summed E-state index contributed by atoms with van der Waals surface area (Å²) in [5, 5.41) is 15.5. The lowest BCUT2D eigenvalue weighted by Gasteiger charge is -2.07. The minimum atomic E-state index is -0.388. The molecule has 6 nitrogen and oxygen atoms in total. The van der Waals surface area contributed by atoms with Crippen LogP contribution in [0.1, 0.15) is 0 Å². The summed E-state index contributed by atoms with van der Waals surface area (Å²) in [6.07, 6.45) is 6.92. The van der Waals surface area contributed by atoms with Crippen LogP contribution in [-0.2, 0) is 0 Å². The van der Waals surface area contributed by atoms with Crippen LogP contribution in [0.4, 0.5) is 11.4 Å². The van der Waals surface area contributed by atoms with Crippen LogP contribution < -0.4 is 11.1 Å². The van der Waals surface area contributed by atoms with Gasteiger partial charge in [0.15, 0.2) is 0 Å². The first-order valence-electron chi connectivity index (χ1n) is 5.84. The Morgan fingerprint density at radius 3 is 2.89 bits per heavy atom. The number of hydrogen-bond donors (Lipinski definition) is 2. The first-order chi connectivity index (χ1) is 9.24. The van der Waals surface area contributed by atoms with Gasteiger partial charge in [0, 0.05) is 42.6 Å². The molecule has 0 aliphatic rings. The van der Waals surface area contributed by atoms with E-state index < -0.39 is 0 Å². The molecule has 0 spiro atoms. The van der Waals surface area contributed by atoms with Crippen molar-refractivity contribution in [1.29, 1.82) is 0 Å². The van der Waals surface area contributed by atoms with E-state index in [0.717, 1.165) is 11.1 Å². The van der Waals surface area contributed by atoms with E-state index in [1.54, 1.807) is 24.5 Å². The molecule has 0 aliphatic heterocycles. The van der Waals surface area contributed by atoms with E-state index in [1.807, 2.05) is 12.2 Å². The molecule has 0 aliphatic carbocycles. The van der Waals surface area contributed by atoms with Gasteiger partial charge in [0.05, 0.1) is 10.3 Å². The van der Waals surface area contributed by atoms with Gasteiger partial charge in [-0.2, -0.15) is 0 Å². The third-order valence-corrected chi connectivity index (χ3v) is 2.70. The molecule has 1 heterocycles. The Kier molecular flexibility index (Phi) is 4.04. The van der Waals surface area contributed by atoms with Crippen LogP contribution in [0.25, 0.3) is 10.8 Å². The Balaban J connectivity index is 2.38. The molecule has 0 atom stereocenters. The van der Waals surface area contributed by atoms with Crippen molar-refractivity contribution in [3.05, 3.63) is 52.9 Å². The highest BCUT2D eigenvalue weighted by Crippen LogP contribution is 2.30. The molecule has 0 bridgehead atoms. The summed E-state index contributed by atoms with van der Waals surface area (Å²) in [6.45, 7) is 1.10. The van der Waals surface area contributed by atoms with Crippen molar-refractivity contribution in [3.63, 3.8) is 0 Å². The van der Waals surface area contributed by atoms with Crippen molar-refractivity contribution >= 4 is 22.1 Å². The number of hydrogen-bond acceptors (Lipinski definition) is 5. The molecule has 2 rings (SSSR count). The summed E-state index contributed by atoms with van der Waals surface area (Å²) in [7, 11) is 0. The minimum Gasteiger partial charge on any atom is -0.381 e. The Morgan fingerprint density at radius 1 is 1.32 bits per heavy atom. The average Bonchev–Trinajstić information content (AvgIpc) is 2.43. The fourth-order valence-corrected chi connectivity index (χ4v) is 1.84. The monoisotopic (exact) mass is 258 g/mol. The number of aromatic nitrogens is 1. The summed E-state index contributed by atoms with van der Waals surface area (Å²) in [4.78, 5) is 14.6. The molecule has 0 saturated carbocycles. The highest BCUT2D eigenvalue weighted by atomic mass is 16.6. The van der Waals surface area contributed by atoms with Gasteiger partial charge < -0.3 is 11.1 Å². The topological polar surface area (TPSA) is 94.1 Å². The molecule has 19 heavy (non-hydrogen) atoms. The molecule has 1 aromatic carbocycles. The number of nitro benzene ring substituents is 1. The number of anilines is 1. The highest BCUT2D eigenvalue weighted by Gasteiger charge is 2.13. The number of fused-ring (bicyclic) bond motifs is 1. The van der Waals surface area contributed by atoms with Gasteiger partial charge in [0.2, 0.25) is 0 Å². The second kappa shape index (κ2) is 5.92. The number of nitrogens with two attached hydrogens (primary N) is 1. The average molecular weight is 258 g/mol. The second-order valence-corrected chi connectivity index (χ2v) is 3.90. The van der Waals surface area contributed by atoms with Crippen molar-refractivity contribution in [3.8, 4) is 0 Å². The first kappa shape index (κ1) is 13.0. The van der Waals surface area contributed by atoms with Crippen molar-refractivity contribution < 1.29 is 4.92 Å². The lowest BCUT2D eigenvalue weighted by Crippen LogP contribution is -2.01. The fraction of sp³-hybridized carbons (Fsp3) is 0.154. The van der Waals surface area contributed by atoms with Gasteiger partial charge >= 0.3 is 0 Å². The number of pyridine rings is 1. The molecule has 0 amide bonds. The smallest absolute Gasteiger partial charge is 0.277 e. The van der Waals surface area contributed by atoms with Crippen molar-refractivity contribution in [2.24, 2.45) is 5.73 Å². The molecule has 98 valence electrons. The molecule has 0 radical (unpaired) electrons. The van der Waals surface area contributed by atoms with E-state index >= 15 is 0 Å². The van der Waals surface area contributed by atoms with E-state index in [4.69, 9.17) is 5.73 Å². The number of nitrogens with zero attached hydrogens (tertiary/aromatic N) is 2. The number of nitro groups is 1.